The quantitative estimate of drug-likeness (QED) is 0.426. The zero-order chi connectivity index (χ0) is 24.8. The lowest BCUT2D eigenvalue weighted by molar-refractivity contribution is -0.116. The zero-order valence-electron chi connectivity index (χ0n) is 20.1. The fourth-order valence-electron chi connectivity index (χ4n) is 3.74. The number of unbranched alkanes of at least 4 members (excludes halogenated alkanes) is 1. The minimum Gasteiger partial charge on any atom is -0.383 e. The molecule has 0 radical (unpaired) electrons. The SMILES string of the molecule is CCCCN(C(=O)CSc1nccn1-c1cccc(C)c1C)c1c(N)n(CCC)c(=O)[nH]c1=O. The second kappa shape index (κ2) is 11.2. The van der Waals surface area contributed by atoms with Crippen LogP contribution in [0.3, 0.4) is 0 Å². The molecule has 0 fully saturated rings. The van der Waals surface area contributed by atoms with Crippen molar-refractivity contribution in [1.82, 2.24) is 19.1 Å². The van der Waals surface area contributed by atoms with Crippen LogP contribution >= 0.6 is 11.8 Å². The maximum Gasteiger partial charge on any atom is 0.330 e. The standard InChI is InChI=1S/C24H32N6O3S/c1-5-7-13-29(20-21(25)30(12-6-2)23(33)27-22(20)32)19(31)15-34-24-26-11-14-28(24)18-10-8-9-16(3)17(18)4/h8-11,14H,5-7,12-13,15,25H2,1-4H3,(H,27,32,33). The number of anilines is 2. The van der Waals surface area contributed by atoms with Gasteiger partial charge in [-0.25, -0.2) is 9.78 Å². The van der Waals surface area contributed by atoms with Crippen molar-refractivity contribution in [1.29, 1.82) is 0 Å². The molecular weight excluding hydrogens is 452 g/mol. The first-order valence-corrected chi connectivity index (χ1v) is 12.4. The first kappa shape index (κ1) is 25.4. The van der Waals surface area contributed by atoms with E-state index >= 15 is 0 Å². The molecule has 0 atom stereocenters. The summed E-state index contributed by atoms with van der Waals surface area (Å²) in [5.74, 6) is -0.188. The number of nitrogens with one attached hydrogen (secondary N) is 1. The number of thioether (sulfide) groups is 1. The Balaban J connectivity index is 1.90. The number of amides is 1. The third-order valence-electron chi connectivity index (χ3n) is 5.73. The number of aromatic nitrogens is 4. The highest BCUT2D eigenvalue weighted by Gasteiger charge is 2.24. The summed E-state index contributed by atoms with van der Waals surface area (Å²) in [6, 6.07) is 6.06. The number of aryl methyl sites for hydroxylation is 1. The van der Waals surface area contributed by atoms with E-state index in [4.69, 9.17) is 5.73 Å². The molecule has 0 spiro atoms. The number of H-pyrrole nitrogens is 1. The van der Waals surface area contributed by atoms with Crippen molar-refractivity contribution >= 4 is 29.2 Å². The van der Waals surface area contributed by atoms with E-state index in [9.17, 15) is 14.4 Å². The van der Waals surface area contributed by atoms with Gasteiger partial charge >= 0.3 is 5.69 Å². The molecule has 0 unspecified atom stereocenters. The number of hydrogen-bond donors (Lipinski definition) is 2. The minimum absolute atomic E-state index is 0.0157. The second-order valence-corrected chi connectivity index (χ2v) is 9.07. The summed E-state index contributed by atoms with van der Waals surface area (Å²) in [5.41, 5.74) is 8.35. The van der Waals surface area contributed by atoms with Gasteiger partial charge in [-0.2, -0.15) is 0 Å². The van der Waals surface area contributed by atoms with Crippen LogP contribution < -0.4 is 21.9 Å². The fourth-order valence-corrected chi connectivity index (χ4v) is 4.58. The molecule has 0 aliphatic heterocycles. The molecule has 3 rings (SSSR count). The summed E-state index contributed by atoms with van der Waals surface area (Å²) in [4.78, 5) is 46.4. The lowest BCUT2D eigenvalue weighted by atomic mass is 10.1. The zero-order valence-corrected chi connectivity index (χ0v) is 20.9. The van der Waals surface area contributed by atoms with Gasteiger partial charge in [0.2, 0.25) is 5.91 Å². The Morgan fingerprint density at radius 2 is 1.97 bits per heavy atom. The fraction of sp³-hybridized carbons (Fsp3) is 0.417. The Hall–Kier alpha value is -3.27. The summed E-state index contributed by atoms with van der Waals surface area (Å²) in [7, 11) is 0. The topological polar surface area (TPSA) is 119 Å². The van der Waals surface area contributed by atoms with Gasteiger partial charge in [-0.1, -0.05) is 44.2 Å². The predicted octanol–water partition coefficient (Wildman–Crippen LogP) is 3.26. The van der Waals surface area contributed by atoms with Crippen LogP contribution in [0.1, 0.15) is 44.2 Å². The van der Waals surface area contributed by atoms with E-state index in [0.717, 1.165) is 17.7 Å². The van der Waals surface area contributed by atoms with Gasteiger partial charge in [0.1, 0.15) is 5.82 Å². The van der Waals surface area contributed by atoms with Gasteiger partial charge in [0.25, 0.3) is 5.56 Å². The molecule has 2 aromatic heterocycles. The van der Waals surface area contributed by atoms with Crippen LogP contribution in [0.4, 0.5) is 11.5 Å². The second-order valence-electron chi connectivity index (χ2n) is 8.13. The van der Waals surface area contributed by atoms with E-state index in [2.05, 4.69) is 29.9 Å². The molecule has 0 aliphatic rings. The molecule has 2 heterocycles. The number of carbonyl (C=O) groups excluding carboxylic acids is 1. The Bertz CT molecular complexity index is 1280. The first-order chi connectivity index (χ1) is 16.3. The van der Waals surface area contributed by atoms with Gasteiger partial charge in [-0.05, 0) is 43.9 Å². The summed E-state index contributed by atoms with van der Waals surface area (Å²) in [6.07, 6.45) is 5.76. The molecule has 9 nitrogen and oxygen atoms in total. The van der Waals surface area contributed by atoms with Crippen molar-refractivity contribution in [2.24, 2.45) is 0 Å². The van der Waals surface area contributed by atoms with Gasteiger partial charge < -0.3 is 10.6 Å². The molecule has 0 aliphatic carbocycles. The molecule has 1 amide bonds. The lowest BCUT2D eigenvalue weighted by Crippen LogP contribution is -2.42. The van der Waals surface area contributed by atoms with Crippen LogP contribution in [0.15, 0.2) is 45.3 Å². The number of rotatable bonds is 10. The summed E-state index contributed by atoms with van der Waals surface area (Å²) >= 11 is 1.30. The van der Waals surface area contributed by atoms with E-state index in [1.165, 1.54) is 26.8 Å². The number of nitrogens with zero attached hydrogens (tertiary/aromatic N) is 4. The Morgan fingerprint density at radius 1 is 1.21 bits per heavy atom. The van der Waals surface area contributed by atoms with E-state index in [1.54, 1.807) is 6.20 Å². The normalized spacial score (nSPS) is 11.1. The average molecular weight is 485 g/mol. The molecule has 0 saturated heterocycles. The molecule has 182 valence electrons. The van der Waals surface area contributed by atoms with Crippen LogP contribution in [0.2, 0.25) is 0 Å². The molecule has 0 bridgehead atoms. The number of carbonyl (C=O) groups is 1. The molecular formula is C24H32N6O3S. The third-order valence-corrected chi connectivity index (χ3v) is 6.69. The Morgan fingerprint density at radius 3 is 2.68 bits per heavy atom. The Kier molecular flexibility index (Phi) is 8.38. The average Bonchev–Trinajstić information content (AvgIpc) is 3.27. The molecule has 3 aromatic rings. The predicted molar refractivity (Wildman–Crippen MR) is 137 cm³/mol. The highest BCUT2D eigenvalue weighted by Crippen LogP contribution is 2.26. The molecule has 1 aromatic carbocycles. The largest absolute Gasteiger partial charge is 0.383 e. The van der Waals surface area contributed by atoms with Crippen LogP contribution in [-0.2, 0) is 11.3 Å². The van der Waals surface area contributed by atoms with E-state index < -0.39 is 11.2 Å². The van der Waals surface area contributed by atoms with Gasteiger partial charge in [0.05, 0.1) is 11.4 Å². The molecule has 0 saturated carbocycles. The summed E-state index contributed by atoms with van der Waals surface area (Å²) in [6.45, 7) is 8.70. The van der Waals surface area contributed by atoms with Crippen LogP contribution in [-0.4, -0.2) is 37.3 Å². The van der Waals surface area contributed by atoms with Gasteiger partial charge in [-0.15, -0.1) is 0 Å². The molecule has 3 N–H and O–H groups in total. The van der Waals surface area contributed by atoms with E-state index in [-0.39, 0.29) is 23.2 Å². The van der Waals surface area contributed by atoms with Crippen molar-refractivity contribution in [2.45, 2.75) is 58.7 Å². The van der Waals surface area contributed by atoms with Crippen molar-refractivity contribution in [2.75, 3.05) is 22.9 Å². The summed E-state index contributed by atoms with van der Waals surface area (Å²) < 4.78 is 3.27. The number of nitrogens with two attached hydrogens (primary N) is 1. The number of hydrogen-bond acceptors (Lipinski definition) is 6. The summed E-state index contributed by atoms with van der Waals surface area (Å²) in [5, 5.41) is 0.676. The maximum atomic E-state index is 13.3. The number of imidazole rings is 1. The van der Waals surface area contributed by atoms with Crippen LogP contribution in [0, 0.1) is 13.8 Å². The van der Waals surface area contributed by atoms with Crippen molar-refractivity contribution < 1.29 is 4.79 Å². The van der Waals surface area contributed by atoms with E-state index in [0.29, 0.717) is 31.1 Å². The van der Waals surface area contributed by atoms with E-state index in [1.807, 2.05) is 36.7 Å². The van der Waals surface area contributed by atoms with Crippen molar-refractivity contribution in [3.63, 3.8) is 0 Å². The van der Waals surface area contributed by atoms with Crippen LogP contribution in [0.25, 0.3) is 5.69 Å². The third kappa shape index (κ3) is 5.27. The number of benzene rings is 1. The van der Waals surface area contributed by atoms with Crippen LogP contribution in [0.5, 0.6) is 0 Å². The lowest BCUT2D eigenvalue weighted by Gasteiger charge is -2.24. The highest BCUT2D eigenvalue weighted by molar-refractivity contribution is 7.99. The number of aromatic amines is 1. The van der Waals surface area contributed by atoms with Gasteiger partial charge in [0, 0.05) is 25.5 Å². The highest BCUT2D eigenvalue weighted by atomic mass is 32.2. The molecule has 34 heavy (non-hydrogen) atoms. The minimum atomic E-state index is -0.652. The maximum absolute atomic E-state index is 13.3. The van der Waals surface area contributed by atoms with Crippen molar-refractivity contribution in [3.8, 4) is 5.69 Å². The smallest absolute Gasteiger partial charge is 0.330 e. The Labute approximate surface area is 203 Å². The number of nitrogen functional groups attached to an aromatic ring is 1. The monoisotopic (exact) mass is 484 g/mol. The first-order valence-electron chi connectivity index (χ1n) is 11.5. The molecule has 10 heteroatoms. The van der Waals surface area contributed by atoms with Gasteiger partial charge in [0.15, 0.2) is 10.8 Å². The van der Waals surface area contributed by atoms with Crippen molar-refractivity contribution in [3.05, 3.63) is 62.6 Å². The van der Waals surface area contributed by atoms with Gasteiger partial charge in [-0.3, -0.25) is 23.7 Å².